The molecular weight excluding hydrogens is 364 g/mol. The molecule has 0 aromatic heterocycles. The summed E-state index contributed by atoms with van der Waals surface area (Å²) < 4.78 is 10.5. The van der Waals surface area contributed by atoms with Crippen molar-refractivity contribution in [1.29, 1.82) is 0 Å². The van der Waals surface area contributed by atoms with Crippen LogP contribution in [0, 0.1) is 0 Å². The molecule has 0 radical (unpaired) electrons. The Morgan fingerprint density at radius 3 is 2.22 bits per heavy atom. The quantitative estimate of drug-likeness (QED) is 0.818. The highest BCUT2D eigenvalue weighted by Gasteiger charge is 2.21. The molecule has 2 aromatic rings. The summed E-state index contributed by atoms with van der Waals surface area (Å²) in [5.41, 5.74) is 1.81. The zero-order valence-corrected chi connectivity index (χ0v) is 16.5. The SMILES string of the molecule is COc1cc(OC)cc(C(=O)NC2CCN(Cc3ccc(Cl)cc3)CC2)c1. The first-order valence-electron chi connectivity index (χ1n) is 9.08. The number of amides is 1. The summed E-state index contributed by atoms with van der Waals surface area (Å²) >= 11 is 5.94. The lowest BCUT2D eigenvalue weighted by atomic mass is 10.0. The van der Waals surface area contributed by atoms with Gasteiger partial charge in [-0.3, -0.25) is 9.69 Å². The van der Waals surface area contributed by atoms with Crippen LogP contribution in [0.25, 0.3) is 0 Å². The highest BCUT2D eigenvalue weighted by molar-refractivity contribution is 6.30. The molecular formula is C21H25ClN2O3. The highest BCUT2D eigenvalue weighted by atomic mass is 35.5. The maximum atomic E-state index is 12.6. The second-order valence-corrected chi connectivity index (χ2v) is 7.19. The minimum absolute atomic E-state index is 0.0941. The lowest BCUT2D eigenvalue weighted by molar-refractivity contribution is 0.0908. The Bertz CT molecular complexity index is 749. The van der Waals surface area contributed by atoms with Gasteiger partial charge in [-0.15, -0.1) is 0 Å². The number of ether oxygens (including phenoxy) is 2. The second kappa shape index (κ2) is 9.11. The summed E-state index contributed by atoms with van der Waals surface area (Å²) in [6.07, 6.45) is 1.86. The molecule has 1 aliphatic rings. The standard InChI is InChI=1S/C21H25ClN2O3/c1-26-19-11-16(12-20(13-19)27-2)21(25)23-18-7-9-24(10-8-18)14-15-3-5-17(22)6-4-15/h3-6,11-13,18H,7-10,14H2,1-2H3,(H,23,25). The number of methoxy groups -OCH3 is 2. The first-order chi connectivity index (χ1) is 13.1. The number of piperidine rings is 1. The van der Waals surface area contributed by atoms with Crippen molar-refractivity contribution >= 4 is 17.5 Å². The number of benzene rings is 2. The average Bonchev–Trinajstić information content (AvgIpc) is 2.70. The van der Waals surface area contributed by atoms with Crippen molar-refractivity contribution in [2.45, 2.75) is 25.4 Å². The number of rotatable bonds is 6. The number of carbonyl (C=O) groups excluding carboxylic acids is 1. The smallest absolute Gasteiger partial charge is 0.251 e. The van der Waals surface area contributed by atoms with Gasteiger partial charge in [0.1, 0.15) is 11.5 Å². The molecule has 1 saturated heterocycles. The summed E-state index contributed by atoms with van der Waals surface area (Å²) in [7, 11) is 3.15. The molecule has 0 atom stereocenters. The molecule has 0 bridgehead atoms. The van der Waals surface area contributed by atoms with Gasteiger partial charge in [-0.2, -0.15) is 0 Å². The molecule has 1 aliphatic heterocycles. The van der Waals surface area contributed by atoms with Gasteiger partial charge in [0, 0.05) is 42.3 Å². The van der Waals surface area contributed by atoms with Gasteiger partial charge in [0.2, 0.25) is 0 Å². The fourth-order valence-corrected chi connectivity index (χ4v) is 3.42. The van der Waals surface area contributed by atoms with Gasteiger partial charge in [0.05, 0.1) is 14.2 Å². The van der Waals surface area contributed by atoms with Crippen molar-refractivity contribution in [3.63, 3.8) is 0 Å². The van der Waals surface area contributed by atoms with Crippen LogP contribution in [0.4, 0.5) is 0 Å². The highest BCUT2D eigenvalue weighted by Crippen LogP contribution is 2.23. The van der Waals surface area contributed by atoms with Crippen molar-refractivity contribution < 1.29 is 14.3 Å². The Hall–Kier alpha value is -2.24. The Morgan fingerprint density at radius 1 is 1.07 bits per heavy atom. The van der Waals surface area contributed by atoms with E-state index in [1.54, 1.807) is 32.4 Å². The third kappa shape index (κ3) is 5.37. The van der Waals surface area contributed by atoms with Crippen molar-refractivity contribution in [3.05, 3.63) is 58.6 Å². The predicted octanol–water partition coefficient (Wildman–Crippen LogP) is 3.75. The monoisotopic (exact) mass is 388 g/mol. The van der Waals surface area contributed by atoms with Crippen LogP contribution in [0.1, 0.15) is 28.8 Å². The van der Waals surface area contributed by atoms with E-state index >= 15 is 0 Å². The molecule has 5 nitrogen and oxygen atoms in total. The molecule has 2 aromatic carbocycles. The fourth-order valence-electron chi connectivity index (χ4n) is 3.29. The van der Waals surface area contributed by atoms with Gasteiger partial charge in [0.15, 0.2) is 0 Å². The molecule has 1 amide bonds. The Kier molecular flexibility index (Phi) is 6.58. The molecule has 0 aliphatic carbocycles. The number of likely N-dealkylation sites (tertiary alicyclic amines) is 1. The lowest BCUT2D eigenvalue weighted by Gasteiger charge is -2.32. The lowest BCUT2D eigenvalue weighted by Crippen LogP contribution is -2.44. The number of nitrogens with one attached hydrogen (secondary N) is 1. The van der Waals surface area contributed by atoms with Crippen LogP contribution in [-0.2, 0) is 6.54 Å². The average molecular weight is 389 g/mol. The maximum Gasteiger partial charge on any atom is 0.251 e. The number of nitrogens with zero attached hydrogens (tertiary/aromatic N) is 1. The fraction of sp³-hybridized carbons (Fsp3) is 0.381. The predicted molar refractivity (Wildman–Crippen MR) is 107 cm³/mol. The van der Waals surface area contributed by atoms with Crippen LogP contribution < -0.4 is 14.8 Å². The van der Waals surface area contributed by atoms with E-state index in [1.807, 2.05) is 12.1 Å². The molecule has 1 heterocycles. The summed E-state index contributed by atoms with van der Waals surface area (Å²) in [4.78, 5) is 15.0. The molecule has 144 valence electrons. The third-order valence-corrected chi connectivity index (χ3v) is 5.11. The minimum Gasteiger partial charge on any atom is -0.497 e. The normalized spacial score (nSPS) is 15.4. The van der Waals surface area contributed by atoms with E-state index in [0.717, 1.165) is 37.5 Å². The van der Waals surface area contributed by atoms with E-state index in [0.29, 0.717) is 17.1 Å². The molecule has 0 unspecified atom stereocenters. The molecule has 0 spiro atoms. The van der Waals surface area contributed by atoms with E-state index in [-0.39, 0.29) is 11.9 Å². The van der Waals surface area contributed by atoms with Crippen LogP contribution in [0.2, 0.25) is 5.02 Å². The van der Waals surface area contributed by atoms with E-state index in [9.17, 15) is 4.79 Å². The first kappa shape index (κ1) is 19.5. The Morgan fingerprint density at radius 2 is 1.67 bits per heavy atom. The van der Waals surface area contributed by atoms with Crippen LogP contribution in [-0.4, -0.2) is 44.2 Å². The van der Waals surface area contributed by atoms with Crippen molar-refractivity contribution in [2.24, 2.45) is 0 Å². The van der Waals surface area contributed by atoms with E-state index in [4.69, 9.17) is 21.1 Å². The van der Waals surface area contributed by atoms with Gasteiger partial charge in [-0.1, -0.05) is 23.7 Å². The van der Waals surface area contributed by atoms with E-state index in [2.05, 4.69) is 22.3 Å². The van der Waals surface area contributed by atoms with E-state index in [1.165, 1.54) is 5.56 Å². The zero-order valence-electron chi connectivity index (χ0n) is 15.7. The van der Waals surface area contributed by atoms with Crippen molar-refractivity contribution in [3.8, 4) is 11.5 Å². The summed E-state index contributed by atoms with van der Waals surface area (Å²) in [6.45, 7) is 2.81. The largest absolute Gasteiger partial charge is 0.497 e. The first-order valence-corrected chi connectivity index (χ1v) is 9.46. The van der Waals surface area contributed by atoms with Gasteiger partial charge < -0.3 is 14.8 Å². The molecule has 3 rings (SSSR count). The maximum absolute atomic E-state index is 12.6. The Labute approximate surface area is 165 Å². The summed E-state index contributed by atoms with van der Waals surface area (Å²) in [5, 5.41) is 3.89. The van der Waals surface area contributed by atoms with Crippen LogP contribution in [0.3, 0.4) is 0 Å². The second-order valence-electron chi connectivity index (χ2n) is 6.75. The van der Waals surface area contributed by atoms with Crippen LogP contribution in [0.5, 0.6) is 11.5 Å². The zero-order chi connectivity index (χ0) is 19.2. The van der Waals surface area contributed by atoms with Crippen LogP contribution >= 0.6 is 11.6 Å². The third-order valence-electron chi connectivity index (χ3n) is 4.86. The molecule has 1 N–H and O–H groups in total. The summed E-state index contributed by atoms with van der Waals surface area (Å²) in [5.74, 6) is 1.12. The number of carbonyl (C=O) groups is 1. The van der Waals surface area contributed by atoms with Gasteiger partial charge >= 0.3 is 0 Å². The molecule has 0 saturated carbocycles. The van der Waals surface area contributed by atoms with Gasteiger partial charge in [-0.25, -0.2) is 0 Å². The minimum atomic E-state index is -0.0941. The molecule has 6 heteroatoms. The topological polar surface area (TPSA) is 50.8 Å². The van der Waals surface area contributed by atoms with Gasteiger partial charge in [-0.05, 0) is 42.7 Å². The number of hydrogen-bond acceptors (Lipinski definition) is 4. The number of hydrogen-bond donors (Lipinski definition) is 1. The molecule has 27 heavy (non-hydrogen) atoms. The van der Waals surface area contributed by atoms with Gasteiger partial charge in [0.25, 0.3) is 5.91 Å². The van der Waals surface area contributed by atoms with Crippen molar-refractivity contribution in [1.82, 2.24) is 10.2 Å². The molecule has 1 fully saturated rings. The summed E-state index contributed by atoms with van der Waals surface area (Å²) in [6, 6.07) is 13.4. The van der Waals surface area contributed by atoms with Crippen molar-refractivity contribution in [2.75, 3.05) is 27.3 Å². The van der Waals surface area contributed by atoms with E-state index < -0.39 is 0 Å². The Balaban J connectivity index is 1.53. The number of halogens is 1. The van der Waals surface area contributed by atoms with Crippen LogP contribution in [0.15, 0.2) is 42.5 Å².